The van der Waals surface area contributed by atoms with Crippen LogP contribution >= 0.6 is 11.3 Å². The van der Waals surface area contributed by atoms with E-state index in [1.165, 1.54) is 15.3 Å². The van der Waals surface area contributed by atoms with E-state index in [-0.39, 0.29) is 49.0 Å². The molecule has 0 unspecified atom stereocenters. The summed E-state index contributed by atoms with van der Waals surface area (Å²) < 4.78 is 5.05. The maximum Gasteiger partial charge on any atom is 0.309 e. The molecular weight excluding hydrogens is 418 g/mol. The summed E-state index contributed by atoms with van der Waals surface area (Å²) in [5.74, 6) is -0.724. The van der Waals surface area contributed by atoms with Crippen molar-refractivity contribution in [1.29, 1.82) is 0 Å². The van der Waals surface area contributed by atoms with Crippen LogP contribution in [0, 0.1) is 5.92 Å². The van der Waals surface area contributed by atoms with E-state index in [1.807, 2.05) is 5.38 Å². The highest BCUT2D eigenvalue weighted by Gasteiger charge is 2.29. The number of hydrogen-bond acceptors (Lipinski definition) is 6. The normalized spacial score (nSPS) is 16.6. The van der Waals surface area contributed by atoms with Crippen molar-refractivity contribution in [1.82, 2.24) is 14.7 Å². The van der Waals surface area contributed by atoms with Gasteiger partial charge in [-0.2, -0.15) is 0 Å². The highest BCUT2D eigenvalue weighted by Crippen LogP contribution is 2.24. The van der Waals surface area contributed by atoms with Crippen molar-refractivity contribution in [3.63, 3.8) is 0 Å². The van der Waals surface area contributed by atoms with Gasteiger partial charge in [0.25, 0.3) is 0 Å². The van der Waals surface area contributed by atoms with Gasteiger partial charge in [0.15, 0.2) is 0 Å². The number of rotatable bonds is 7. The molecule has 9 heteroatoms. The largest absolute Gasteiger partial charge is 0.466 e. The van der Waals surface area contributed by atoms with Crippen LogP contribution in [0.3, 0.4) is 0 Å². The summed E-state index contributed by atoms with van der Waals surface area (Å²) in [7, 11) is 1.59. The second-order valence-corrected chi connectivity index (χ2v) is 9.09. The van der Waals surface area contributed by atoms with Crippen LogP contribution in [0.15, 0.2) is 11.4 Å². The Kier molecular flexibility index (Phi) is 8.06. The molecule has 0 saturated carbocycles. The van der Waals surface area contributed by atoms with Gasteiger partial charge in [-0.15, -0.1) is 11.3 Å². The Morgan fingerprint density at radius 1 is 1.10 bits per heavy atom. The van der Waals surface area contributed by atoms with Crippen molar-refractivity contribution in [2.45, 2.75) is 45.6 Å². The molecule has 0 bridgehead atoms. The third kappa shape index (κ3) is 6.06. The lowest BCUT2D eigenvalue weighted by atomic mass is 9.97. The van der Waals surface area contributed by atoms with Gasteiger partial charge in [-0.05, 0) is 43.2 Å². The van der Waals surface area contributed by atoms with Gasteiger partial charge in [0.05, 0.1) is 19.1 Å². The standard InChI is InChI=1S/C22H31N3O5S/c1-3-30-22(29)16-6-10-24(11-7-16)21(28)15-23(2)19(26)4-5-20(27)25-12-8-18-17(14-25)9-13-31-18/h9,13,16H,3-8,10-12,14-15H2,1-2H3. The van der Waals surface area contributed by atoms with Gasteiger partial charge in [-0.3, -0.25) is 19.2 Å². The average Bonchev–Trinajstić information content (AvgIpc) is 3.25. The Morgan fingerprint density at radius 3 is 2.55 bits per heavy atom. The fraction of sp³-hybridized carbons (Fsp3) is 0.636. The van der Waals surface area contributed by atoms with Gasteiger partial charge in [0.2, 0.25) is 17.7 Å². The average molecular weight is 450 g/mol. The van der Waals surface area contributed by atoms with Crippen LogP contribution < -0.4 is 0 Å². The van der Waals surface area contributed by atoms with Crippen molar-refractivity contribution in [3.8, 4) is 0 Å². The second kappa shape index (κ2) is 10.7. The minimum Gasteiger partial charge on any atom is -0.466 e. The third-order valence-corrected chi connectivity index (χ3v) is 7.00. The number of esters is 1. The lowest BCUT2D eigenvalue weighted by Gasteiger charge is -2.32. The monoisotopic (exact) mass is 449 g/mol. The molecule has 0 aliphatic carbocycles. The molecule has 1 aromatic rings. The minimum atomic E-state index is -0.212. The number of fused-ring (bicyclic) bond motifs is 1. The molecule has 0 radical (unpaired) electrons. The van der Waals surface area contributed by atoms with Crippen LogP contribution in [0.4, 0.5) is 0 Å². The summed E-state index contributed by atoms with van der Waals surface area (Å²) in [6, 6.07) is 2.06. The van der Waals surface area contributed by atoms with Crippen molar-refractivity contribution < 1.29 is 23.9 Å². The molecule has 0 N–H and O–H groups in total. The smallest absolute Gasteiger partial charge is 0.309 e. The highest BCUT2D eigenvalue weighted by atomic mass is 32.1. The molecule has 31 heavy (non-hydrogen) atoms. The summed E-state index contributed by atoms with van der Waals surface area (Å²) in [5, 5.41) is 2.05. The maximum absolute atomic E-state index is 12.5. The van der Waals surface area contributed by atoms with E-state index in [0.29, 0.717) is 45.6 Å². The molecule has 0 atom stereocenters. The molecule has 3 heterocycles. The number of nitrogens with zero attached hydrogens (tertiary/aromatic N) is 3. The number of carbonyl (C=O) groups is 4. The van der Waals surface area contributed by atoms with E-state index < -0.39 is 0 Å². The topological polar surface area (TPSA) is 87.2 Å². The van der Waals surface area contributed by atoms with Crippen LogP contribution in [0.2, 0.25) is 0 Å². The zero-order valence-corrected chi connectivity index (χ0v) is 19.1. The summed E-state index contributed by atoms with van der Waals surface area (Å²) in [5.41, 5.74) is 1.20. The van der Waals surface area contributed by atoms with E-state index in [4.69, 9.17) is 4.74 Å². The Bertz CT molecular complexity index is 816. The highest BCUT2D eigenvalue weighted by molar-refractivity contribution is 7.10. The second-order valence-electron chi connectivity index (χ2n) is 8.09. The van der Waals surface area contributed by atoms with Crippen LogP contribution in [0.25, 0.3) is 0 Å². The van der Waals surface area contributed by atoms with Gasteiger partial charge in [-0.1, -0.05) is 0 Å². The van der Waals surface area contributed by atoms with Crippen molar-refractivity contribution in [3.05, 3.63) is 21.9 Å². The quantitative estimate of drug-likeness (QED) is 0.591. The molecule has 1 saturated heterocycles. The fourth-order valence-corrected chi connectivity index (χ4v) is 4.93. The summed E-state index contributed by atoms with van der Waals surface area (Å²) in [6.07, 6.45) is 2.28. The molecular formula is C22H31N3O5S. The van der Waals surface area contributed by atoms with Crippen LogP contribution in [-0.4, -0.2) is 78.2 Å². The number of ether oxygens (including phenoxy) is 1. The van der Waals surface area contributed by atoms with E-state index in [1.54, 1.807) is 35.1 Å². The molecule has 170 valence electrons. The SMILES string of the molecule is CCOC(=O)C1CCN(C(=O)CN(C)C(=O)CCC(=O)N2CCc3sccc3C2)CC1. The zero-order chi connectivity index (χ0) is 22.4. The zero-order valence-electron chi connectivity index (χ0n) is 18.3. The number of carbonyl (C=O) groups excluding carboxylic acids is 4. The first-order chi connectivity index (χ1) is 14.9. The van der Waals surface area contributed by atoms with Crippen molar-refractivity contribution in [2.24, 2.45) is 5.92 Å². The Balaban J connectivity index is 1.38. The predicted molar refractivity (Wildman–Crippen MR) is 116 cm³/mol. The molecule has 2 aliphatic rings. The molecule has 8 nitrogen and oxygen atoms in total. The molecule has 1 fully saturated rings. The number of likely N-dealkylation sites (N-methyl/N-ethyl adjacent to an activating group) is 1. The summed E-state index contributed by atoms with van der Waals surface area (Å²) >= 11 is 1.72. The number of thiophene rings is 1. The van der Waals surface area contributed by atoms with E-state index >= 15 is 0 Å². The van der Waals surface area contributed by atoms with E-state index in [0.717, 1.165) is 6.42 Å². The molecule has 3 rings (SSSR count). The summed E-state index contributed by atoms with van der Waals surface area (Å²) in [6.45, 7) is 4.41. The molecule has 0 aromatic carbocycles. The first kappa shape index (κ1) is 23.2. The number of likely N-dealkylation sites (tertiary alicyclic amines) is 1. The maximum atomic E-state index is 12.5. The number of hydrogen-bond donors (Lipinski definition) is 0. The Morgan fingerprint density at radius 2 is 1.84 bits per heavy atom. The molecule has 2 aliphatic heterocycles. The Labute approximate surface area is 187 Å². The Hall–Kier alpha value is -2.42. The van der Waals surface area contributed by atoms with Crippen LogP contribution in [0.5, 0.6) is 0 Å². The predicted octanol–water partition coefficient (Wildman–Crippen LogP) is 1.67. The van der Waals surface area contributed by atoms with E-state index in [9.17, 15) is 19.2 Å². The lowest BCUT2D eigenvalue weighted by molar-refractivity contribution is -0.151. The van der Waals surface area contributed by atoms with Gasteiger partial charge in [-0.25, -0.2) is 0 Å². The minimum absolute atomic E-state index is 0.0148. The molecule has 0 spiro atoms. The summed E-state index contributed by atoms with van der Waals surface area (Å²) in [4.78, 5) is 55.5. The van der Waals surface area contributed by atoms with Gasteiger partial charge < -0.3 is 19.4 Å². The number of amides is 3. The van der Waals surface area contributed by atoms with Crippen LogP contribution in [0.1, 0.15) is 43.0 Å². The van der Waals surface area contributed by atoms with Gasteiger partial charge in [0, 0.05) is 50.9 Å². The van der Waals surface area contributed by atoms with Crippen molar-refractivity contribution >= 4 is 35.0 Å². The van der Waals surface area contributed by atoms with E-state index in [2.05, 4.69) is 6.07 Å². The third-order valence-electron chi connectivity index (χ3n) is 5.98. The first-order valence-electron chi connectivity index (χ1n) is 10.9. The lowest BCUT2D eigenvalue weighted by Crippen LogP contribution is -2.45. The van der Waals surface area contributed by atoms with Crippen molar-refractivity contribution in [2.75, 3.05) is 39.8 Å². The first-order valence-corrected chi connectivity index (χ1v) is 11.8. The van der Waals surface area contributed by atoms with Gasteiger partial charge in [0.1, 0.15) is 0 Å². The van der Waals surface area contributed by atoms with Gasteiger partial charge >= 0.3 is 5.97 Å². The number of piperidine rings is 1. The fourth-order valence-electron chi connectivity index (χ4n) is 4.04. The molecule has 1 aromatic heterocycles. The molecule has 3 amide bonds. The van der Waals surface area contributed by atoms with Crippen LogP contribution in [-0.2, 0) is 36.9 Å².